The van der Waals surface area contributed by atoms with Crippen LogP contribution in [-0.2, 0) is 11.3 Å². The van der Waals surface area contributed by atoms with Crippen molar-refractivity contribution in [3.8, 4) is 5.69 Å². The summed E-state index contributed by atoms with van der Waals surface area (Å²) in [6.45, 7) is 6.27. The van der Waals surface area contributed by atoms with Crippen molar-refractivity contribution in [2.24, 2.45) is 10.6 Å². The highest BCUT2D eigenvalue weighted by atomic mass is 19.1. The largest absolute Gasteiger partial charge is 0.399 e. The van der Waals surface area contributed by atoms with Crippen molar-refractivity contribution in [1.82, 2.24) is 9.78 Å². The summed E-state index contributed by atoms with van der Waals surface area (Å²) in [6.07, 6.45) is 3.91. The molecule has 2 aliphatic rings. The Morgan fingerprint density at radius 2 is 2.00 bits per heavy atom. The van der Waals surface area contributed by atoms with Gasteiger partial charge in [-0.05, 0) is 37.3 Å². The molecule has 1 saturated carbocycles. The predicted molar refractivity (Wildman–Crippen MR) is 100 cm³/mol. The fourth-order valence-electron chi connectivity index (χ4n) is 4.49. The number of oxime groups is 1. The molecule has 1 aromatic carbocycles. The molecular weight excluding hydrogens is 348 g/mol. The zero-order valence-corrected chi connectivity index (χ0v) is 16.2. The van der Waals surface area contributed by atoms with E-state index in [1.807, 2.05) is 0 Å². The predicted octanol–water partition coefficient (Wildman–Crippen LogP) is 5.11. The van der Waals surface area contributed by atoms with Gasteiger partial charge in [0.2, 0.25) is 0 Å². The molecule has 2 aliphatic carbocycles. The highest BCUT2D eigenvalue weighted by Gasteiger charge is 2.43. The van der Waals surface area contributed by atoms with Crippen LogP contribution < -0.4 is 0 Å². The summed E-state index contributed by atoms with van der Waals surface area (Å²) in [5.74, 6) is -0.297. The molecule has 0 radical (unpaired) electrons. The van der Waals surface area contributed by atoms with E-state index in [2.05, 4.69) is 25.9 Å². The van der Waals surface area contributed by atoms with Gasteiger partial charge in [-0.1, -0.05) is 25.9 Å². The summed E-state index contributed by atoms with van der Waals surface area (Å²) in [5.41, 5.74) is 4.32. The first-order valence-electron chi connectivity index (χ1n) is 9.47. The van der Waals surface area contributed by atoms with E-state index in [0.717, 1.165) is 42.4 Å². The van der Waals surface area contributed by atoms with Crippen molar-refractivity contribution >= 4 is 5.71 Å². The van der Waals surface area contributed by atoms with Crippen molar-refractivity contribution in [2.45, 2.75) is 58.3 Å². The molecule has 0 amide bonds. The second-order valence-electron chi connectivity index (χ2n) is 8.61. The van der Waals surface area contributed by atoms with Crippen molar-refractivity contribution in [1.29, 1.82) is 0 Å². The maximum Gasteiger partial charge on any atom is 0.151 e. The summed E-state index contributed by atoms with van der Waals surface area (Å²) in [7, 11) is 1.55. The van der Waals surface area contributed by atoms with Gasteiger partial charge in [-0.15, -0.1) is 0 Å². The highest BCUT2D eigenvalue weighted by Crippen LogP contribution is 2.55. The van der Waals surface area contributed by atoms with Crippen LogP contribution in [0, 0.1) is 17.0 Å². The smallest absolute Gasteiger partial charge is 0.151 e. The lowest BCUT2D eigenvalue weighted by Crippen LogP contribution is -2.24. The summed E-state index contributed by atoms with van der Waals surface area (Å²) in [5, 5.41) is 9.02. The first kappa shape index (κ1) is 18.1. The Labute approximate surface area is 158 Å². The monoisotopic (exact) mass is 373 g/mol. The fourth-order valence-corrected chi connectivity index (χ4v) is 4.49. The van der Waals surface area contributed by atoms with Crippen molar-refractivity contribution < 1.29 is 13.6 Å². The molecule has 0 spiro atoms. The third-order valence-electron chi connectivity index (χ3n) is 5.80. The Balaban J connectivity index is 1.83. The molecule has 4 rings (SSSR count). The fraction of sp³-hybridized carbons (Fsp3) is 0.524. The minimum Gasteiger partial charge on any atom is -0.399 e. The number of hydrogen-bond acceptors (Lipinski definition) is 3. The molecule has 27 heavy (non-hydrogen) atoms. The second kappa shape index (κ2) is 6.43. The van der Waals surface area contributed by atoms with E-state index in [9.17, 15) is 8.78 Å². The van der Waals surface area contributed by atoms with E-state index >= 15 is 0 Å². The van der Waals surface area contributed by atoms with Crippen LogP contribution in [0.2, 0.25) is 0 Å². The molecular formula is C21H25F2N3O. The van der Waals surface area contributed by atoms with Crippen LogP contribution in [0.4, 0.5) is 8.78 Å². The van der Waals surface area contributed by atoms with Crippen LogP contribution in [0.25, 0.3) is 5.69 Å². The molecule has 2 bridgehead atoms. The molecule has 0 aliphatic heterocycles. The normalized spacial score (nSPS) is 21.6. The Bertz CT molecular complexity index is 911. The summed E-state index contributed by atoms with van der Waals surface area (Å²) < 4.78 is 29.6. The average molecular weight is 373 g/mol. The number of nitrogens with zero attached hydrogens (tertiary/aromatic N) is 3. The van der Waals surface area contributed by atoms with Gasteiger partial charge in [0, 0.05) is 29.4 Å². The van der Waals surface area contributed by atoms with Gasteiger partial charge in [0.15, 0.2) is 5.82 Å². The van der Waals surface area contributed by atoms with Gasteiger partial charge in [0.25, 0.3) is 0 Å². The molecule has 1 heterocycles. The van der Waals surface area contributed by atoms with E-state index < -0.39 is 11.6 Å². The zero-order chi connectivity index (χ0) is 19.3. The number of aromatic nitrogens is 2. The van der Waals surface area contributed by atoms with Crippen molar-refractivity contribution in [2.75, 3.05) is 7.11 Å². The minimum atomic E-state index is -0.587. The van der Waals surface area contributed by atoms with Crippen LogP contribution in [0.15, 0.2) is 23.4 Å². The molecule has 2 atom stereocenters. The third kappa shape index (κ3) is 3.05. The molecule has 2 unspecified atom stereocenters. The van der Waals surface area contributed by atoms with Gasteiger partial charge < -0.3 is 4.84 Å². The lowest BCUT2D eigenvalue weighted by atomic mass is 9.85. The summed E-state index contributed by atoms with van der Waals surface area (Å²) >= 11 is 0. The Morgan fingerprint density at radius 1 is 1.26 bits per heavy atom. The van der Waals surface area contributed by atoms with E-state index in [0.29, 0.717) is 23.9 Å². The number of rotatable bonds is 4. The first-order valence-corrected chi connectivity index (χ1v) is 9.47. The Kier molecular flexibility index (Phi) is 4.32. The topological polar surface area (TPSA) is 39.4 Å². The van der Waals surface area contributed by atoms with E-state index in [4.69, 9.17) is 9.94 Å². The van der Waals surface area contributed by atoms with Crippen LogP contribution >= 0.6 is 0 Å². The Morgan fingerprint density at radius 3 is 2.67 bits per heavy atom. The lowest BCUT2D eigenvalue weighted by molar-refractivity contribution is 0.208. The second-order valence-corrected chi connectivity index (χ2v) is 8.61. The number of benzene rings is 1. The van der Waals surface area contributed by atoms with Crippen molar-refractivity contribution in [3.05, 3.63) is 46.8 Å². The van der Waals surface area contributed by atoms with Gasteiger partial charge in [0.1, 0.15) is 18.6 Å². The van der Waals surface area contributed by atoms with Gasteiger partial charge >= 0.3 is 0 Å². The minimum absolute atomic E-state index is 0.161. The molecule has 1 aromatic heterocycles. The molecule has 0 saturated heterocycles. The van der Waals surface area contributed by atoms with E-state index in [-0.39, 0.29) is 5.41 Å². The number of hydrogen-bond donors (Lipinski definition) is 0. The van der Waals surface area contributed by atoms with Crippen molar-refractivity contribution in [3.63, 3.8) is 0 Å². The van der Waals surface area contributed by atoms with Gasteiger partial charge in [0.05, 0.1) is 17.1 Å². The van der Waals surface area contributed by atoms with Gasteiger partial charge in [-0.2, -0.15) is 5.10 Å². The number of fused-ring (bicyclic) bond motifs is 5. The first-order chi connectivity index (χ1) is 12.8. The van der Waals surface area contributed by atoms with Gasteiger partial charge in [-0.3, -0.25) is 0 Å². The molecule has 1 fully saturated rings. The van der Waals surface area contributed by atoms with Crippen LogP contribution in [0.5, 0.6) is 0 Å². The number of halogens is 2. The SMILES string of the molecule is CO/N=C(/Cc1nn(-c2ccc(F)cc2F)c2c1C1CCC2C1)C(C)(C)C. The summed E-state index contributed by atoms with van der Waals surface area (Å²) in [6, 6.07) is 3.68. The quantitative estimate of drug-likeness (QED) is 0.552. The van der Waals surface area contributed by atoms with Gasteiger partial charge in [-0.25, -0.2) is 13.5 Å². The zero-order valence-electron chi connectivity index (χ0n) is 16.2. The van der Waals surface area contributed by atoms with E-state index in [1.54, 1.807) is 11.8 Å². The molecule has 6 heteroatoms. The lowest BCUT2D eigenvalue weighted by Gasteiger charge is -2.20. The standard InChI is InChI=1S/C21H25F2N3O/c1-21(2,3)18(25-27-4)11-16-19-12-5-6-13(9-12)20(19)26(24-16)17-8-7-14(22)10-15(17)23/h7-8,10,12-13H,5-6,9,11H2,1-4H3/b25-18-. The molecule has 4 nitrogen and oxygen atoms in total. The van der Waals surface area contributed by atoms with E-state index in [1.165, 1.54) is 17.7 Å². The maximum atomic E-state index is 14.5. The van der Waals surface area contributed by atoms with Crippen LogP contribution in [-0.4, -0.2) is 22.6 Å². The average Bonchev–Trinajstić information content (AvgIpc) is 3.27. The molecule has 144 valence electrons. The third-order valence-corrected chi connectivity index (χ3v) is 5.80. The molecule has 2 aromatic rings. The van der Waals surface area contributed by atoms with Crippen LogP contribution in [0.3, 0.4) is 0 Å². The van der Waals surface area contributed by atoms with Crippen LogP contribution in [0.1, 0.15) is 68.8 Å². The Hall–Kier alpha value is -2.24. The maximum absolute atomic E-state index is 14.5. The molecule has 0 N–H and O–H groups in total. The highest BCUT2D eigenvalue weighted by molar-refractivity contribution is 5.90. The summed E-state index contributed by atoms with van der Waals surface area (Å²) in [4.78, 5) is 5.06.